The summed E-state index contributed by atoms with van der Waals surface area (Å²) < 4.78 is 5.78. The molecule has 23 heavy (non-hydrogen) atoms. The standard InChI is InChI=1S/C18H36N4O/c1-3-19-18(21-14-17-15-22(2)12-13-23-17)20-11-7-10-16-8-5-4-6-9-16/h16-17H,3-15H2,1-2H3,(H2,19,20,21). The molecule has 1 aliphatic heterocycles. The summed E-state index contributed by atoms with van der Waals surface area (Å²) in [7, 11) is 2.15. The Hall–Kier alpha value is -0.810. The molecule has 2 aliphatic rings. The normalized spacial score (nSPS) is 24.6. The van der Waals surface area contributed by atoms with Gasteiger partial charge in [0, 0.05) is 26.2 Å². The van der Waals surface area contributed by atoms with E-state index in [-0.39, 0.29) is 6.10 Å². The highest BCUT2D eigenvalue weighted by Gasteiger charge is 2.17. The van der Waals surface area contributed by atoms with Gasteiger partial charge in [-0.25, -0.2) is 0 Å². The van der Waals surface area contributed by atoms with Crippen molar-refractivity contribution in [3.63, 3.8) is 0 Å². The molecule has 1 saturated carbocycles. The van der Waals surface area contributed by atoms with Crippen molar-refractivity contribution in [3.05, 3.63) is 0 Å². The summed E-state index contributed by atoms with van der Waals surface area (Å²) in [5, 5.41) is 6.82. The topological polar surface area (TPSA) is 48.9 Å². The van der Waals surface area contributed by atoms with E-state index in [1.807, 2.05) is 0 Å². The van der Waals surface area contributed by atoms with Gasteiger partial charge in [-0.15, -0.1) is 0 Å². The molecule has 5 heteroatoms. The van der Waals surface area contributed by atoms with Crippen LogP contribution in [0, 0.1) is 5.92 Å². The molecule has 0 amide bonds. The lowest BCUT2D eigenvalue weighted by atomic mass is 9.86. The smallest absolute Gasteiger partial charge is 0.191 e. The summed E-state index contributed by atoms with van der Waals surface area (Å²) in [4.78, 5) is 7.01. The van der Waals surface area contributed by atoms with Crippen molar-refractivity contribution < 1.29 is 4.74 Å². The number of likely N-dealkylation sites (N-methyl/N-ethyl adjacent to an activating group) is 1. The molecule has 0 aromatic carbocycles. The van der Waals surface area contributed by atoms with Crippen LogP contribution in [0.15, 0.2) is 4.99 Å². The van der Waals surface area contributed by atoms with Crippen LogP contribution >= 0.6 is 0 Å². The van der Waals surface area contributed by atoms with E-state index >= 15 is 0 Å². The van der Waals surface area contributed by atoms with E-state index in [2.05, 4.69) is 29.5 Å². The van der Waals surface area contributed by atoms with Crippen LogP contribution in [0.4, 0.5) is 0 Å². The zero-order valence-corrected chi connectivity index (χ0v) is 15.1. The van der Waals surface area contributed by atoms with Gasteiger partial charge in [-0.05, 0) is 32.7 Å². The Bertz CT molecular complexity index is 342. The van der Waals surface area contributed by atoms with Crippen molar-refractivity contribution >= 4 is 5.96 Å². The molecule has 0 radical (unpaired) electrons. The molecule has 2 N–H and O–H groups in total. The average molecular weight is 325 g/mol. The fraction of sp³-hybridized carbons (Fsp3) is 0.944. The second-order valence-electron chi connectivity index (χ2n) is 7.05. The fourth-order valence-corrected chi connectivity index (χ4v) is 3.59. The van der Waals surface area contributed by atoms with Crippen molar-refractivity contribution in [2.45, 2.75) is 58.0 Å². The molecular formula is C18H36N4O. The molecule has 2 rings (SSSR count). The summed E-state index contributed by atoms with van der Waals surface area (Å²) >= 11 is 0. The van der Waals surface area contributed by atoms with Crippen molar-refractivity contribution in [1.29, 1.82) is 0 Å². The first-order chi connectivity index (χ1) is 11.3. The molecule has 1 unspecified atom stereocenters. The molecule has 5 nitrogen and oxygen atoms in total. The highest BCUT2D eigenvalue weighted by atomic mass is 16.5. The van der Waals surface area contributed by atoms with Crippen LogP contribution < -0.4 is 10.6 Å². The maximum Gasteiger partial charge on any atom is 0.191 e. The Morgan fingerprint density at radius 1 is 1.22 bits per heavy atom. The number of rotatable bonds is 7. The van der Waals surface area contributed by atoms with Gasteiger partial charge < -0.3 is 20.3 Å². The predicted molar refractivity (Wildman–Crippen MR) is 97.0 cm³/mol. The van der Waals surface area contributed by atoms with E-state index in [1.54, 1.807) is 0 Å². The molecule has 1 aliphatic carbocycles. The molecular weight excluding hydrogens is 288 g/mol. The summed E-state index contributed by atoms with van der Waals surface area (Å²) in [5.41, 5.74) is 0. The molecule has 134 valence electrons. The van der Waals surface area contributed by atoms with Crippen molar-refractivity contribution in [3.8, 4) is 0 Å². The van der Waals surface area contributed by atoms with Crippen LogP contribution in [0.3, 0.4) is 0 Å². The van der Waals surface area contributed by atoms with Gasteiger partial charge in [0.25, 0.3) is 0 Å². The number of ether oxygens (including phenoxy) is 1. The quantitative estimate of drug-likeness (QED) is 0.428. The molecule has 1 atom stereocenters. The number of hydrogen-bond donors (Lipinski definition) is 2. The molecule has 2 fully saturated rings. The first-order valence-electron chi connectivity index (χ1n) is 9.60. The monoisotopic (exact) mass is 324 g/mol. The number of aliphatic imine (C=N–C) groups is 1. The molecule has 1 heterocycles. The van der Waals surface area contributed by atoms with Gasteiger partial charge in [-0.3, -0.25) is 4.99 Å². The second kappa shape index (κ2) is 10.9. The second-order valence-corrected chi connectivity index (χ2v) is 7.05. The van der Waals surface area contributed by atoms with E-state index in [0.717, 1.165) is 51.2 Å². The highest BCUT2D eigenvalue weighted by molar-refractivity contribution is 5.79. The van der Waals surface area contributed by atoms with Gasteiger partial charge in [-0.1, -0.05) is 32.1 Å². The largest absolute Gasteiger partial charge is 0.374 e. The Kier molecular flexibility index (Phi) is 8.76. The summed E-state index contributed by atoms with van der Waals surface area (Å²) in [6.07, 6.45) is 10.1. The molecule has 0 aromatic heterocycles. The number of guanidine groups is 1. The van der Waals surface area contributed by atoms with E-state index < -0.39 is 0 Å². The van der Waals surface area contributed by atoms with Crippen LogP contribution in [0.2, 0.25) is 0 Å². The first-order valence-corrected chi connectivity index (χ1v) is 9.60. The van der Waals surface area contributed by atoms with E-state index in [0.29, 0.717) is 0 Å². The maximum atomic E-state index is 5.78. The van der Waals surface area contributed by atoms with Crippen LogP contribution in [-0.2, 0) is 4.74 Å². The molecule has 0 spiro atoms. The third kappa shape index (κ3) is 7.53. The zero-order chi connectivity index (χ0) is 16.3. The van der Waals surface area contributed by atoms with Gasteiger partial charge in [0.1, 0.15) is 0 Å². The van der Waals surface area contributed by atoms with Gasteiger partial charge in [0.15, 0.2) is 5.96 Å². The molecule has 1 saturated heterocycles. The number of hydrogen-bond acceptors (Lipinski definition) is 3. The van der Waals surface area contributed by atoms with Gasteiger partial charge >= 0.3 is 0 Å². The minimum Gasteiger partial charge on any atom is -0.374 e. The Morgan fingerprint density at radius 3 is 2.78 bits per heavy atom. The number of nitrogens with one attached hydrogen (secondary N) is 2. The Morgan fingerprint density at radius 2 is 2.04 bits per heavy atom. The Balaban J connectivity index is 1.64. The number of morpholine rings is 1. The van der Waals surface area contributed by atoms with Gasteiger partial charge in [0.2, 0.25) is 0 Å². The lowest BCUT2D eigenvalue weighted by Gasteiger charge is -2.29. The van der Waals surface area contributed by atoms with Gasteiger partial charge in [0.05, 0.1) is 19.3 Å². The van der Waals surface area contributed by atoms with Crippen LogP contribution in [0.5, 0.6) is 0 Å². The summed E-state index contributed by atoms with van der Waals surface area (Å²) in [6.45, 7) is 7.60. The zero-order valence-electron chi connectivity index (χ0n) is 15.1. The summed E-state index contributed by atoms with van der Waals surface area (Å²) in [6, 6.07) is 0. The summed E-state index contributed by atoms with van der Waals surface area (Å²) in [5.74, 6) is 1.91. The van der Waals surface area contributed by atoms with E-state index in [1.165, 1.54) is 44.9 Å². The van der Waals surface area contributed by atoms with E-state index in [9.17, 15) is 0 Å². The van der Waals surface area contributed by atoms with Crippen molar-refractivity contribution in [1.82, 2.24) is 15.5 Å². The number of nitrogens with zero attached hydrogens (tertiary/aromatic N) is 2. The molecule has 0 bridgehead atoms. The van der Waals surface area contributed by atoms with Gasteiger partial charge in [-0.2, -0.15) is 0 Å². The lowest BCUT2D eigenvalue weighted by Crippen LogP contribution is -2.43. The third-order valence-electron chi connectivity index (χ3n) is 4.95. The van der Waals surface area contributed by atoms with Crippen molar-refractivity contribution in [2.24, 2.45) is 10.9 Å². The van der Waals surface area contributed by atoms with Crippen LogP contribution in [0.1, 0.15) is 51.9 Å². The van der Waals surface area contributed by atoms with Crippen molar-refractivity contribution in [2.75, 3.05) is 46.4 Å². The minimum absolute atomic E-state index is 0.228. The average Bonchev–Trinajstić information content (AvgIpc) is 2.57. The minimum atomic E-state index is 0.228. The fourth-order valence-electron chi connectivity index (χ4n) is 3.59. The highest BCUT2D eigenvalue weighted by Crippen LogP contribution is 2.26. The third-order valence-corrected chi connectivity index (χ3v) is 4.95. The van der Waals surface area contributed by atoms with Crippen LogP contribution in [0.25, 0.3) is 0 Å². The van der Waals surface area contributed by atoms with E-state index in [4.69, 9.17) is 9.73 Å². The maximum absolute atomic E-state index is 5.78. The SMILES string of the molecule is CCNC(=NCC1CN(C)CCO1)NCCCC1CCCCC1. The Labute approximate surface area is 142 Å². The predicted octanol–water partition coefficient (Wildman–Crippen LogP) is 2.23. The lowest BCUT2D eigenvalue weighted by molar-refractivity contribution is -0.0136. The molecule has 0 aromatic rings. The first kappa shape index (κ1) is 18.5. The van der Waals surface area contributed by atoms with Crippen LogP contribution in [-0.4, -0.2) is 63.3 Å².